The van der Waals surface area contributed by atoms with Crippen LogP contribution >= 0.6 is 15.9 Å². The molecule has 0 aliphatic carbocycles. The second-order valence-corrected chi connectivity index (χ2v) is 4.57. The molecule has 1 heterocycles. The van der Waals surface area contributed by atoms with Gasteiger partial charge in [-0.1, -0.05) is 0 Å². The van der Waals surface area contributed by atoms with Crippen LogP contribution in [0.4, 0.5) is 5.69 Å². The number of nitro groups is 1. The van der Waals surface area contributed by atoms with Crippen LogP contribution in [0.25, 0.3) is 0 Å². The highest BCUT2D eigenvalue weighted by Gasteiger charge is 2.10. The van der Waals surface area contributed by atoms with Crippen molar-refractivity contribution in [2.75, 3.05) is 7.11 Å². The van der Waals surface area contributed by atoms with Gasteiger partial charge in [-0.05, 0) is 27.6 Å². The summed E-state index contributed by atoms with van der Waals surface area (Å²) in [7, 11) is 1.48. The van der Waals surface area contributed by atoms with Gasteiger partial charge in [-0.3, -0.25) is 14.8 Å². The molecule has 0 aliphatic rings. The molecule has 0 aliphatic heterocycles. The molecule has 0 radical (unpaired) electrons. The third-order valence-corrected chi connectivity index (χ3v) is 2.75. The molecule has 2 aromatic rings. The van der Waals surface area contributed by atoms with E-state index >= 15 is 0 Å². The van der Waals surface area contributed by atoms with Gasteiger partial charge in [0.2, 0.25) is 0 Å². The first kappa shape index (κ1) is 12.6. The summed E-state index contributed by atoms with van der Waals surface area (Å²) in [5.41, 5.74) is 0.771. The molecular formula is C11H10BrN3O3. The summed E-state index contributed by atoms with van der Waals surface area (Å²) in [5.74, 6) is 0.463. The Hall–Kier alpha value is -1.89. The number of nitro benzene ring substituents is 1. The van der Waals surface area contributed by atoms with Gasteiger partial charge >= 0.3 is 0 Å². The lowest BCUT2D eigenvalue weighted by molar-refractivity contribution is -0.385. The largest absolute Gasteiger partial charge is 0.496 e. The van der Waals surface area contributed by atoms with E-state index in [-0.39, 0.29) is 5.69 Å². The molecule has 7 heteroatoms. The van der Waals surface area contributed by atoms with Crippen molar-refractivity contribution in [3.05, 3.63) is 50.7 Å². The molecule has 2 rings (SSSR count). The third-order valence-electron chi connectivity index (χ3n) is 2.34. The van der Waals surface area contributed by atoms with Crippen LogP contribution in [0, 0.1) is 10.1 Å². The van der Waals surface area contributed by atoms with Gasteiger partial charge in [0.1, 0.15) is 5.75 Å². The lowest BCUT2D eigenvalue weighted by Crippen LogP contribution is -2.01. The van der Waals surface area contributed by atoms with Gasteiger partial charge < -0.3 is 4.74 Å². The number of hydrogen-bond acceptors (Lipinski definition) is 4. The quantitative estimate of drug-likeness (QED) is 0.643. The molecule has 0 amide bonds. The van der Waals surface area contributed by atoms with Crippen LogP contribution in [0.3, 0.4) is 0 Å². The van der Waals surface area contributed by atoms with Crippen molar-refractivity contribution in [2.24, 2.45) is 0 Å². The smallest absolute Gasteiger partial charge is 0.273 e. The fraction of sp³-hybridized carbons (Fsp3) is 0.182. The summed E-state index contributed by atoms with van der Waals surface area (Å²) >= 11 is 3.30. The van der Waals surface area contributed by atoms with Gasteiger partial charge in [0.05, 0.1) is 35.3 Å². The highest BCUT2D eigenvalue weighted by molar-refractivity contribution is 9.10. The number of benzene rings is 1. The van der Waals surface area contributed by atoms with E-state index in [1.165, 1.54) is 19.2 Å². The standard InChI is InChI=1S/C11H10BrN3O3/c1-18-11-3-8(2-10(4-11)15(16)17)6-14-7-9(12)5-13-14/h2-5,7H,6H2,1H3. The van der Waals surface area contributed by atoms with Crippen LogP contribution in [-0.2, 0) is 6.54 Å². The van der Waals surface area contributed by atoms with Crippen LogP contribution in [-0.4, -0.2) is 21.8 Å². The molecule has 0 N–H and O–H groups in total. The van der Waals surface area contributed by atoms with Crippen molar-refractivity contribution in [3.63, 3.8) is 0 Å². The lowest BCUT2D eigenvalue weighted by atomic mass is 10.2. The normalized spacial score (nSPS) is 10.3. The Labute approximate surface area is 111 Å². The number of ether oxygens (including phenoxy) is 1. The second kappa shape index (κ2) is 5.18. The SMILES string of the molecule is COc1cc(Cn2cc(Br)cn2)cc([N+](=O)[O-])c1. The molecule has 0 bridgehead atoms. The first-order valence-electron chi connectivity index (χ1n) is 5.09. The lowest BCUT2D eigenvalue weighted by Gasteiger charge is -2.05. The highest BCUT2D eigenvalue weighted by atomic mass is 79.9. The monoisotopic (exact) mass is 311 g/mol. The molecular weight excluding hydrogens is 302 g/mol. The molecule has 1 aromatic carbocycles. The number of methoxy groups -OCH3 is 1. The fourth-order valence-corrected chi connectivity index (χ4v) is 1.90. The van der Waals surface area contributed by atoms with Crippen molar-refractivity contribution in [3.8, 4) is 5.75 Å². The van der Waals surface area contributed by atoms with Gasteiger partial charge in [-0.15, -0.1) is 0 Å². The topological polar surface area (TPSA) is 70.2 Å². The Bertz CT molecular complexity index is 583. The summed E-state index contributed by atoms with van der Waals surface area (Å²) in [6, 6.07) is 4.66. The van der Waals surface area contributed by atoms with Crippen molar-refractivity contribution in [1.82, 2.24) is 9.78 Å². The molecule has 0 saturated carbocycles. The summed E-state index contributed by atoms with van der Waals surface area (Å²) < 4.78 is 7.59. The van der Waals surface area contributed by atoms with Gasteiger partial charge in [0.25, 0.3) is 5.69 Å². The van der Waals surface area contributed by atoms with Crippen LogP contribution in [0.5, 0.6) is 5.75 Å². The zero-order chi connectivity index (χ0) is 13.1. The van der Waals surface area contributed by atoms with E-state index in [2.05, 4.69) is 21.0 Å². The Kier molecular flexibility index (Phi) is 3.61. The molecule has 6 nitrogen and oxygen atoms in total. The number of hydrogen-bond donors (Lipinski definition) is 0. The van der Waals surface area contributed by atoms with E-state index in [0.717, 1.165) is 10.0 Å². The summed E-state index contributed by atoms with van der Waals surface area (Å²) in [5, 5.41) is 14.9. The maximum Gasteiger partial charge on any atom is 0.273 e. The van der Waals surface area contributed by atoms with Crippen LogP contribution < -0.4 is 4.74 Å². The maximum atomic E-state index is 10.8. The average Bonchev–Trinajstić information content (AvgIpc) is 2.74. The molecule has 1 aromatic heterocycles. The van der Waals surface area contributed by atoms with Crippen LogP contribution in [0.1, 0.15) is 5.56 Å². The summed E-state index contributed by atoms with van der Waals surface area (Å²) in [4.78, 5) is 10.4. The zero-order valence-electron chi connectivity index (χ0n) is 9.54. The number of aromatic nitrogens is 2. The minimum Gasteiger partial charge on any atom is -0.496 e. The molecule has 0 fully saturated rings. The van der Waals surface area contributed by atoms with Gasteiger partial charge in [-0.2, -0.15) is 5.10 Å². The summed E-state index contributed by atoms with van der Waals surface area (Å²) in [6.07, 6.45) is 3.46. The van der Waals surface area contributed by atoms with Gasteiger partial charge in [0, 0.05) is 12.3 Å². The minimum absolute atomic E-state index is 0.00979. The average molecular weight is 312 g/mol. The zero-order valence-corrected chi connectivity index (χ0v) is 11.1. The Morgan fingerprint density at radius 3 is 2.83 bits per heavy atom. The van der Waals surface area contributed by atoms with Crippen LogP contribution in [0.2, 0.25) is 0 Å². The van der Waals surface area contributed by atoms with Crippen molar-refractivity contribution < 1.29 is 9.66 Å². The van der Waals surface area contributed by atoms with E-state index in [4.69, 9.17) is 4.74 Å². The second-order valence-electron chi connectivity index (χ2n) is 3.65. The minimum atomic E-state index is -0.439. The summed E-state index contributed by atoms with van der Waals surface area (Å²) in [6.45, 7) is 0.448. The third kappa shape index (κ3) is 2.86. The first-order chi connectivity index (χ1) is 8.58. The Morgan fingerprint density at radius 1 is 1.50 bits per heavy atom. The van der Waals surface area contributed by atoms with Crippen LogP contribution in [0.15, 0.2) is 35.1 Å². The van der Waals surface area contributed by atoms with E-state index in [9.17, 15) is 10.1 Å². The van der Waals surface area contributed by atoms with Gasteiger partial charge in [0.15, 0.2) is 0 Å². The molecule has 0 unspecified atom stereocenters. The van der Waals surface area contributed by atoms with E-state index in [1.54, 1.807) is 23.1 Å². The Morgan fingerprint density at radius 2 is 2.28 bits per heavy atom. The number of halogens is 1. The van der Waals surface area contributed by atoms with E-state index in [1.807, 2.05) is 0 Å². The van der Waals surface area contributed by atoms with Gasteiger partial charge in [-0.25, -0.2) is 0 Å². The molecule has 0 saturated heterocycles. The fourth-order valence-electron chi connectivity index (χ4n) is 1.57. The van der Waals surface area contributed by atoms with E-state index in [0.29, 0.717) is 12.3 Å². The maximum absolute atomic E-state index is 10.8. The van der Waals surface area contributed by atoms with E-state index < -0.39 is 4.92 Å². The molecule has 0 spiro atoms. The van der Waals surface area contributed by atoms with Crippen molar-refractivity contribution in [1.29, 1.82) is 0 Å². The number of non-ortho nitro benzene ring substituents is 1. The van der Waals surface area contributed by atoms with Crippen molar-refractivity contribution in [2.45, 2.75) is 6.54 Å². The highest BCUT2D eigenvalue weighted by Crippen LogP contribution is 2.23. The predicted molar refractivity (Wildman–Crippen MR) is 68.7 cm³/mol. The first-order valence-corrected chi connectivity index (χ1v) is 5.88. The number of rotatable bonds is 4. The Balaban J connectivity index is 2.32. The van der Waals surface area contributed by atoms with Crippen molar-refractivity contribution >= 4 is 21.6 Å². The number of nitrogens with zero attached hydrogens (tertiary/aromatic N) is 3. The molecule has 94 valence electrons. The predicted octanol–water partition coefficient (Wildman–Crippen LogP) is 2.61. The molecule has 0 atom stereocenters. The molecule has 18 heavy (non-hydrogen) atoms.